The zero-order valence-corrected chi connectivity index (χ0v) is 9.85. The van der Waals surface area contributed by atoms with Crippen molar-refractivity contribution in [3.63, 3.8) is 0 Å². The quantitative estimate of drug-likeness (QED) is 0.765. The highest BCUT2D eigenvalue weighted by atomic mass is 16.3. The summed E-state index contributed by atoms with van der Waals surface area (Å²) in [5.74, 6) is -0.655. The topological polar surface area (TPSA) is 64.3 Å². The van der Waals surface area contributed by atoms with Crippen LogP contribution in [-0.2, 0) is 4.79 Å². The second-order valence-electron chi connectivity index (χ2n) is 4.28. The van der Waals surface area contributed by atoms with Crippen LogP contribution in [0.3, 0.4) is 0 Å². The van der Waals surface area contributed by atoms with Gasteiger partial charge < -0.3 is 10.0 Å². The van der Waals surface area contributed by atoms with Gasteiger partial charge in [0.15, 0.2) is 0 Å². The number of hydrogen-bond acceptors (Lipinski definition) is 3. The summed E-state index contributed by atoms with van der Waals surface area (Å²) < 4.78 is 0. The summed E-state index contributed by atoms with van der Waals surface area (Å²) in [6.45, 7) is 2.18. The van der Waals surface area contributed by atoms with Gasteiger partial charge in [-0.3, -0.25) is 4.79 Å². The predicted octanol–water partition coefficient (Wildman–Crippen LogP) is 1.30. The molecule has 1 N–H and O–H groups in total. The third kappa shape index (κ3) is 2.96. The summed E-state index contributed by atoms with van der Waals surface area (Å²) in [5, 5.41) is 17.9. The van der Waals surface area contributed by atoms with Crippen molar-refractivity contribution < 1.29 is 9.90 Å². The van der Waals surface area contributed by atoms with Crippen molar-refractivity contribution in [1.82, 2.24) is 4.90 Å². The minimum absolute atomic E-state index is 0.0237. The van der Waals surface area contributed by atoms with Crippen molar-refractivity contribution in [2.24, 2.45) is 5.92 Å². The molecule has 1 atom stereocenters. The fourth-order valence-corrected chi connectivity index (χ4v) is 2.32. The van der Waals surface area contributed by atoms with E-state index >= 15 is 0 Å². The molecule has 1 aliphatic rings. The van der Waals surface area contributed by atoms with Gasteiger partial charge >= 0.3 is 0 Å². The smallest absolute Gasteiger partial charge is 0.240 e. The minimum atomic E-state index is -0.549. The summed E-state index contributed by atoms with van der Waals surface area (Å²) in [4.78, 5) is 13.8. The third-order valence-electron chi connectivity index (χ3n) is 3.25. The van der Waals surface area contributed by atoms with Crippen LogP contribution in [0.25, 0.3) is 0 Å². The first-order valence-electron chi connectivity index (χ1n) is 6.05. The van der Waals surface area contributed by atoms with Crippen LogP contribution < -0.4 is 0 Å². The highest BCUT2D eigenvalue weighted by Crippen LogP contribution is 2.24. The van der Waals surface area contributed by atoms with Crippen molar-refractivity contribution >= 4 is 5.91 Å². The monoisotopic (exact) mass is 224 g/mol. The molecule has 1 fully saturated rings. The largest absolute Gasteiger partial charge is 0.395 e. The SMILES string of the molecule is CCC(C#N)C(=O)N(CCO)C1CCCC1. The molecule has 1 unspecified atom stereocenters. The van der Waals surface area contributed by atoms with Crippen LogP contribution in [0.4, 0.5) is 0 Å². The lowest BCUT2D eigenvalue weighted by molar-refractivity contribution is -0.136. The number of nitriles is 1. The molecule has 0 aromatic rings. The van der Waals surface area contributed by atoms with Gasteiger partial charge in [0.1, 0.15) is 5.92 Å². The fraction of sp³-hybridized carbons (Fsp3) is 0.833. The number of carbonyl (C=O) groups excluding carboxylic acids is 1. The Labute approximate surface area is 96.9 Å². The average molecular weight is 224 g/mol. The van der Waals surface area contributed by atoms with Crippen LogP contribution in [-0.4, -0.2) is 35.1 Å². The summed E-state index contributed by atoms with van der Waals surface area (Å²) in [7, 11) is 0. The van der Waals surface area contributed by atoms with Crippen LogP contribution in [0.1, 0.15) is 39.0 Å². The Morgan fingerprint density at radius 2 is 2.19 bits per heavy atom. The maximum absolute atomic E-state index is 12.1. The van der Waals surface area contributed by atoms with Gasteiger partial charge in [-0.2, -0.15) is 5.26 Å². The molecule has 4 nitrogen and oxygen atoms in total. The molecule has 0 aromatic heterocycles. The van der Waals surface area contributed by atoms with Crippen LogP contribution in [0.2, 0.25) is 0 Å². The Kier molecular flexibility index (Phi) is 5.27. The second kappa shape index (κ2) is 6.49. The molecular formula is C12H20N2O2. The number of aliphatic hydroxyl groups excluding tert-OH is 1. The Bertz CT molecular complexity index is 267. The third-order valence-corrected chi connectivity index (χ3v) is 3.25. The zero-order chi connectivity index (χ0) is 12.0. The van der Waals surface area contributed by atoms with E-state index in [4.69, 9.17) is 10.4 Å². The Morgan fingerprint density at radius 3 is 2.62 bits per heavy atom. The molecule has 0 bridgehead atoms. The zero-order valence-electron chi connectivity index (χ0n) is 9.85. The summed E-state index contributed by atoms with van der Waals surface area (Å²) >= 11 is 0. The van der Waals surface area contributed by atoms with Crippen molar-refractivity contribution in [3.8, 4) is 6.07 Å². The molecule has 1 rings (SSSR count). The van der Waals surface area contributed by atoms with Crippen LogP contribution in [0.5, 0.6) is 0 Å². The molecule has 90 valence electrons. The summed E-state index contributed by atoms with van der Waals surface area (Å²) in [6.07, 6.45) is 4.84. The number of rotatable bonds is 5. The van der Waals surface area contributed by atoms with E-state index in [-0.39, 0.29) is 18.6 Å². The van der Waals surface area contributed by atoms with E-state index in [2.05, 4.69) is 0 Å². The lowest BCUT2D eigenvalue weighted by Crippen LogP contribution is -2.43. The first kappa shape index (κ1) is 13.0. The van der Waals surface area contributed by atoms with E-state index in [0.29, 0.717) is 13.0 Å². The summed E-state index contributed by atoms with van der Waals surface area (Å²) in [5.41, 5.74) is 0. The molecule has 1 saturated carbocycles. The van der Waals surface area contributed by atoms with E-state index in [1.54, 1.807) is 4.90 Å². The van der Waals surface area contributed by atoms with Gasteiger partial charge in [-0.25, -0.2) is 0 Å². The van der Waals surface area contributed by atoms with Crippen molar-refractivity contribution in [3.05, 3.63) is 0 Å². The molecule has 0 aromatic carbocycles. The van der Waals surface area contributed by atoms with Gasteiger partial charge in [0.2, 0.25) is 5.91 Å². The molecule has 1 amide bonds. The first-order chi connectivity index (χ1) is 7.74. The maximum Gasteiger partial charge on any atom is 0.240 e. The van der Waals surface area contributed by atoms with Crippen molar-refractivity contribution in [2.45, 2.75) is 45.1 Å². The van der Waals surface area contributed by atoms with Crippen molar-refractivity contribution in [1.29, 1.82) is 5.26 Å². The predicted molar refractivity (Wildman–Crippen MR) is 60.4 cm³/mol. The number of nitrogens with zero attached hydrogens (tertiary/aromatic N) is 2. The molecule has 0 saturated heterocycles. The number of carbonyl (C=O) groups is 1. The van der Waals surface area contributed by atoms with Gasteiger partial charge in [0.05, 0.1) is 12.7 Å². The Morgan fingerprint density at radius 1 is 1.56 bits per heavy atom. The van der Waals surface area contributed by atoms with Crippen LogP contribution in [0, 0.1) is 17.2 Å². The van der Waals surface area contributed by atoms with Crippen LogP contribution in [0.15, 0.2) is 0 Å². The number of amides is 1. The van der Waals surface area contributed by atoms with Gasteiger partial charge in [-0.1, -0.05) is 19.8 Å². The molecule has 0 heterocycles. The molecular weight excluding hydrogens is 204 g/mol. The molecule has 16 heavy (non-hydrogen) atoms. The van der Waals surface area contributed by atoms with E-state index in [1.807, 2.05) is 13.0 Å². The van der Waals surface area contributed by atoms with Gasteiger partial charge in [-0.15, -0.1) is 0 Å². The normalized spacial score (nSPS) is 18.1. The maximum atomic E-state index is 12.1. The minimum Gasteiger partial charge on any atom is -0.395 e. The molecule has 0 radical (unpaired) electrons. The summed E-state index contributed by atoms with van der Waals surface area (Å²) in [6, 6.07) is 2.28. The molecule has 0 aliphatic heterocycles. The molecule has 4 heteroatoms. The van der Waals surface area contributed by atoms with Crippen LogP contribution >= 0.6 is 0 Å². The van der Waals surface area contributed by atoms with Gasteiger partial charge in [0, 0.05) is 12.6 Å². The Hall–Kier alpha value is -1.08. The number of hydrogen-bond donors (Lipinski definition) is 1. The average Bonchev–Trinajstić information content (AvgIpc) is 2.80. The fourth-order valence-electron chi connectivity index (χ4n) is 2.32. The standard InChI is InChI=1S/C12H20N2O2/c1-2-10(9-13)12(16)14(7-8-15)11-5-3-4-6-11/h10-11,15H,2-8H2,1H3. The van der Waals surface area contributed by atoms with Gasteiger partial charge in [-0.05, 0) is 19.3 Å². The highest BCUT2D eigenvalue weighted by molar-refractivity contribution is 5.81. The Balaban J connectivity index is 2.68. The lowest BCUT2D eigenvalue weighted by atomic mass is 10.0. The van der Waals surface area contributed by atoms with Crippen molar-refractivity contribution in [2.75, 3.05) is 13.2 Å². The number of aliphatic hydroxyl groups is 1. The highest BCUT2D eigenvalue weighted by Gasteiger charge is 2.30. The first-order valence-corrected chi connectivity index (χ1v) is 6.05. The van der Waals surface area contributed by atoms with E-state index in [0.717, 1.165) is 25.7 Å². The van der Waals surface area contributed by atoms with Gasteiger partial charge in [0.25, 0.3) is 0 Å². The molecule has 1 aliphatic carbocycles. The second-order valence-corrected chi connectivity index (χ2v) is 4.28. The van der Waals surface area contributed by atoms with E-state index < -0.39 is 5.92 Å². The lowest BCUT2D eigenvalue weighted by Gasteiger charge is -2.29. The van der Waals surface area contributed by atoms with E-state index in [9.17, 15) is 4.79 Å². The molecule has 0 spiro atoms. The van der Waals surface area contributed by atoms with E-state index in [1.165, 1.54) is 0 Å².